The SMILES string of the molecule is CC(C)(C)S(=O)N[C@@H](c1ccccc1)C(Br)(Br)Br. The maximum Gasteiger partial charge on any atom is 0.155 e. The second-order valence-corrected chi connectivity index (χ2v) is 13.8. The lowest BCUT2D eigenvalue weighted by Gasteiger charge is -2.29. The zero-order valence-electron chi connectivity index (χ0n) is 10.4. The van der Waals surface area contributed by atoms with E-state index in [9.17, 15) is 4.21 Å². The van der Waals surface area contributed by atoms with E-state index in [1.165, 1.54) is 0 Å². The van der Waals surface area contributed by atoms with Crippen LogP contribution in [0.5, 0.6) is 0 Å². The topological polar surface area (TPSA) is 29.1 Å². The fraction of sp³-hybridized carbons (Fsp3) is 0.500. The smallest absolute Gasteiger partial charge is 0.155 e. The summed E-state index contributed by atoms with van der Waals surface area (Å²) in [6.07, 6.45) is 0. The van der Waals surface area contributed by atoms with Crippen LogP contribution in [-0.4, -0.2) is 11.1 Å². The maximum atomic E-state index is 12.2. The van der Waals surface area contributed by atoms with E-state index in [-0.39, 0.29) is 10.8 Å². The highest BCUT2D eigenvalue weighted by Gasteiger charge is 2.35. The van der Waals surface area contributed by atoms with Crippen molar-refractivity contribution in [3.63, 3.8) is 0 Å². The van der Waals surface area contributed by atoms with Crippen molar-refractivity contribution in [3.8, 4) is 0 Å². The molecule has 1 aromatic rings. The minimum atomic E-state index is -1.15. The highest BCUT2D eigenvalue weighted by Crippen LogP contribution is 2.45. The highest BCUT2D eigenvalue weighted by molar-refractivity contribution is 9.39. The fourth-order valence-corrected chi connectivity index (χ4v) is 3.72. The first-order chi connectivity index (χ1) is 8.12. The molecule has 0 saturated carbocycles. The summed E-state index contributed by atoms with van der Waals surface area (Å²) in [7, 11) is -1.15. The van der Waals surface area contributed by atoms with Crippen LogP contribution in [0.4, 0.5) is 0 Å². The molecule has 0 fully saturated rings. The van der Waals surface area contributed by atoms with Gasteiger partial charge in [-0.05, 0) is 26.3 Å². The molecule has 0 aromatic heterocycles. The molecule has 0 bridgehead atoms. The molecule has 2 nitrogen and oxygen atoms in total. The maximum absolute atomic E-state index is 12.2. The molecule has 0 aliphatic rings. The molecule has 0 saturated heterocycles. The van der Waals surface area contributed by atoms with Crippen LogP contribution in [0, 0.1) is 0 Å². The van der Waals surface area contributed by atoms with Crippen molar-refractivity contribution in [3.05, 3.63) is 35.9 Å². The molecular weight excluding hydrogens is 446 g/mol. The van der Waals surface area contributed by atoms with Crippen LogP contribution in [0.3, 0.4) is 0 Å². The highest BCUT2D eigenvalue weighted by atomic mass is 80.0. The molecule has 1 aromatic carbocycles. The van der Waals surface area contributed by atoms with E-state index in [1.54, 1.807) is 0 Å². The molecule has 2 atom stereocenters. The van der Waals surface area contributed by atoms with Gasteiger partial charge in [-0.2, -0.15) is 0 Å². The Morgan fingerprint density at radius 3 is 2.00 bits per heavy atom. The Morgan fingerprint density at radius 2 is 1.61 bits per heavy atom. The summed E-state index contributed by atoms with van der Waals surface area (Å²) in [6.45, 7) is 5.82. The number of halogens is 3. The van der Waals surface area contributed by atoms with Gasteiger partial charge in [0.25, 0.3) is 0 Å². The fourth-order valence-electron chi connectivity index (χ4n) is 1.25. The number of alkyl halides is 3. The predicted octanol–water partition coefficient (Wildman–Crippen LogP) is 4.62. The third kappa shape index (κ3) is 5.04. The summed E-state index contributed by atoms with van der Waals surface area (Å²) >= 11 is 10.5. The Morgan fingerprint density at radius 1 is 1.11 bits per heavy atom. The largest absolute Gasteiger partial charge is 0.242 e. The van der Waals surface area contributed by atoms with Crippen molar-refractivity contribution >= 4 is 58.8 Å². The van der Waals surface area contributed by atoms with Crippen LogP contribution < -0.4 is 4.72 Å². The monoisotopic (exact) mass is 459 g/mol. The average Bonchev–Trinajstić information content (AvgIpc) is 2.23. The minimum Gasteiger partial charge on any atom is -0.242 e. The van der Waals surface area contributed by atoms with Gasteiger partial charge in [0.15, 0.2) is 2.14 Å². The van der Waals surface area contributed by atoms with Crippen LogP contribution in [0.1, 0.15) is 32.4 Å². The molecule has 6 heteroatoms. The third-order valence-electron chi connectivity index (χ3n) is 2.24. The Bertz CT molecular complexity index is 412. The summed E-state index contributed by atoms with van der Waals surface area (Å²) < 4.78 is 14.5. The Kier molecular flexibility index (Phi) is 6.06. The zero-order chi connectivity index (χ0) is 14.0. The molecule has 0 heterocycles. The minimum absolute atomic E-state index is 0.168. The van der Waals surface area contributed by atoms with Crippen LogP contribution in [-0.2, 0) is 11.0 Å². The summed E-state index contributed by atoms with van der Waals surface area (Å²) in [5, 5.41) is 0. The van der Waals surface area contributed by atoms with Crippen molar-refractivity contribution < 1.29 is 4.21 Å². The second kappa shape index (κ2) is 6.48. The first-order valence-electron chi connectivity index (χ1n) is 5.42. The number of nitrogens with one attached hydrogen (secondary N) is 1. The van der Waals surface area contributed by atoms with E-state index in [0.29, 0.717) is 0 Å². The van der Waals surface area contributed by atoms with E-state index < -0.39 is 13.1 Å². The first kappa shape index (κ1) is 16.8. The number of hydrogen-bond acceptors (Lipinski definition) is 1. The molecule has 1 unspecified atom stereocenters. The van der Waals surface area contributed by atoms with Crippen molar-refractivity contribution in [1.29, 1.82) is 0 Å². The molecule has 0 radical (unpaired) electrons. The number of hydrogen-bond donors (Lipinski definition) is 1. The van der Waals surface area contributed by atoms with Crippen molar-refractivity contribution in [2.75, 3.05) is 0 Å². The Balaban J connectivity index is 2.99. The van der Waals surface area contributed by atoms with Gasteiger partial charge in [-0.3, -0.25) is 0 Å². The van der Waals surface area contributed by atoms with Crippen molar-refractivity contribution in [2.45, 2.75) is 33.7 Å². The van der Waals surface area contributed by atoms with E-state index in [1.807, 2.05) is 51.1 Å². The molecule has 18 heavy (non-hydrogen) atoms. The third-order valence-corrected chi connectivity index (χ3v) is 5.18. The molecule has 0 spiro atoms. The van der Waals surface area contributed by atoms with Gasteiger partial charge in [0.1, 0.15) is 0 Å². The van der Waals surface area contributed by atoms with E-state index >= 15 is 0 Å². The molecule has 1 N–H and O–H groups in total. The van der Waals surface area contributed by atoms with Crippen molar-refractivity contribution in [1.82, 2.24) is 4.72 Å². The first-order valence-corrected chi connectivity index (χ1v) is 8.95. The average molecular weight is 462 g/mol. The number of rotatable bonds is 3. The summed E-state index contributed by atoms with van der Waals surface area (Å²) in [4.78, 5) is 0. The van der Waals surface area contributed by atoms with E-state index in [2.05, 4.69) is 52.5 Å². The van der Waals surface area contributed by atoms with Gasteiger partial charge >= 0.3 is 0 Å². The van der Waals surface area contributed by atoms with Crippen LogP contribution in [0.25, 0.3) is 0 Å². The van der Waals surface area contributed by atoms with Crippen LogP contribution in [0.2, 0.25) is 0 Å². The lowest BCUT2D eigenvalue weighted by atomic mass is 10.1. The molecule has 102 valence electrons. The van der Waals surface area contributed by atoms with Gasteiger partial charge in [-0.15, -0.1) is 0 Å². The summed E-state index contributed by atoms with van der Waals surface area (Å²) in [5.74, 6) is 0. The van der Waals surface area contributed by atoms with Gasteiger partial charge in [0, 0.05) is 0 Å². The van der Waals surface area contributed by atoms with Gasteiger partial charge < -0.3 is 0 Å². The molecule has 0 aliphatic carbocycles. The Hall–Kier alpha value is 0.770. The van der Waals surface area contributed by atoms with Gasteiger partial charge in [0.05, 0.1) is 21.8 Å². The van der Waals surface area contributed by atoms with Crippen LogP contribution in [0.15, 0.2) is 30.3 Å². The van der Waals surface area contributed by atoms with Crippen molar-refractivity contribution in [2.24, 2.45) is 0 Å². The standard InChI is InChI=1S/C12H16Br3NOS/c1-11(2,3)18(17)16-10(12(13,14)15)9-7-5-4-6-8-9/h4-8,10,16H,1-3H3/t10-,18?/m0/s1. The Labute approximate surface area is 136 Å². The van der Waals surface area contributed by atoms with Crippen LogP contribution >= 0.6 is 47.8 Å². The second-order valence-electron chi connectivity index (χ2n) is 4.88. The molecule has 1 rings (SSSR count). The van der Waals surface area contributed by atoms with Gasteiger partial charge in [-0.25, -0.2) is 8.93 Å². The van der Waals surface area contributed by atoms with E-state index in [0.717, 1.165) is 5.56 Å². The van der Waals surface area contributed by atoms with Gasteiger partial charge in [-0.1, -0.05) is 78.1 Å². The normalized spacial score (nSPS) is 16.3. The number of benzene rings is 1. The van der Waals surface area contributed by atoms with Gasteiger partial charge in [0.2, 0.25) is 0 Å². The molecule has 0 aliphatic heterocycles. The lowest BCUT2D eigenvalue weighted by molar-refractivity contribution is 0.612. The molecule has 0 amide bonds. The summed E-state index contributed by atoms with van der Waals surface area (Å²) in [5.41, 5.74) is 1.04. The van der Waals surface area contributed by atoms with E-state index in [4.69, 9.17) is 0 Å². The molecular formula is C12H16Br3NOS. The predicted molar refractivity (Wildman–Crippen MR) is 89.7 cm³/mol. The summed E-state index contributed by atoms with van der Waals surface area (Å²) in [6, 6.07) is 9.70. The quantitative estimate of drug-likeness (QED) is 0.654. The zero-order valence-corrected chi connectivity index (χ0v) is 16.0. The lowest BCUT2D eigenvalue weighted by Crippen LogP contribution is -2.40.